The van der Waals surface area contributed by atoms with E-state index in [-0.39, 0.29) is 6.54 Å². The van der Waals surface area contributed by atoms with Gasteiger partial charge in [0.15, 0.2) is 6.10 Å². The highest BCUT2D eigenvalue weighted by molar-refractivity contribution is 5.75. The monoisotopic (exact) mass is 223 g/mol. The SMILES string of the molecule is O=C(O)[C@H]1NC[C@H](O)[C@H]1Oc1ccccc1. The number of rotatable bonds is 3. The fraction of sp³-hybridized carbons (Fsp3) is 0.364. The number of carboxylic acid groups (broad SMARTS) is 1. The Kier molecular flexibility index (Phi) is 3.07. The van der Waals surface area contributed by atoms with Crippen LogP contribution in [0.1, 0.15) is 0 Å². The van der Waals surface area contributed by atoms with Crippen LogP contribution in [0.4, 0.5) is 0 Å². The first kappa shape index (κ1) is 10.9. The third-order valence-electron chi connectivity index (χ3n) is 2.54. The lowest BCUT2D eigenvalue weighted by molar-refractivity contribution is -0.141. The van der Waals surface area contributed by atoms with Gasteiger partial charge in [-0.25, -0.2) is 0 Å². The lowest BCUT2D eigenvalue weighted by atomic mass is 10.1. The summed E-state index contributed by atoms with van der Waals surface area (Å²) in [4.78, 5) is 10.9. The topological polar surface area (TPSA) is 78.8 Å². The van der Waals surface area contributed by atoms with Gasteiger partial charge in [0, 0.05) is 6.54 Å². The number of β-amino-alcohol motifs (C(OH)–C–C–N with tert-alkyl or cyclic N) is 1. The lowest BCUT2D eigenvalue weighted by Crippen LogP contribution is -2.43. The second-order valence-electron chi connectivity index (χ2n) is 3.69. The van der Waals surface area contributed by atoms with Gasteiger partial charge in [-0.1, -0.05) is 18.2 Å². The van der Waals surface area contributed by atoms with Gasteiger partial charge in [-0.05, 0) is 12.1 Å². The van der Waals surface area contributed by atoms with Crippen LogP contribution in [0.25, 0.3) is 0 Å². The van der Waals surface area contributed by atoms with Crippen LogP contribution in [-0.4, -0.2) is 41.0 Å². The number of aliphatic carboxylic acids is 1. The van der Waals surface area contributed by atoms with Crippen molar-refractivity contribution in [2.24, 2.45) is 0 Å². The molecule has 1 heterocycles. The molecule has 0 radical (unpaired) electrons. The number of para-hydroxylation sites is 1. The zero-order chi connectivity index (χ0) is 11.5. The smallest absolute Gasteiger partial charge is 0.324 e. The van der Waals surface area contributed by atoms with Crippen molar-refractivity contribution in [3.05, 3.63) is 30.3 Å². The normalized spacial score (nSPS) is 28.9. The number of carbonyl (C=O) groups is 1. The largest absolute Gasteiger partial charge is 0.485 e. The summed E-state index contributed by atoms with van der Waals surface area (Å²) in [6, 6.07) is 8.01. The molecule has 0 unspecified atom stereocenters. The van der Waals surface area contributed by atoms with Crippen LogP contribution in [0.2, 0.25) is 0 Å². The number of carboxylic acids is 1. The summed E-state index contributed by atoms with van der Waals surface area (Å²) in [5.74, 6) is -0.459. The van der Waals surface area contributed by atoms with Gasteiger partial charge >= 0.3 is 5.97 Å². The summed E-state index contributed by atoms with van der Waals surface area (Å²) >= 11 is 0. The molecule has 86 valence electrons. The molecule has 16 heavy (non-hydrogen) atoms. The summed E-state index contributed by atoms with van der Waals surface area (Å²) in [5, 5.41) is 21.2. The number of aliphatic hydroxyl groups is 1. The van der Waals surface area contributed by atoms with Gasteiger partial charge in [-0.2, -0.15) is 0 Å². The Bertz CT molecular complexity index is 368. The van der Waals surface area contributed by atoms with E-state index in [9.17, 15) is 9.90 Å². The van der Waals surface area contributed by atoms with Crippen LogP contribution in [0.15, 0.2) is 30.3 Å². The first-order valence-corrected chi connectivity index (χ1v) is 5.04. The quantitative estimate of drug-likeness (QED) is 0.664. The molecule has 0 aliphatic carbocycles. The molecule has 0 aromatic heterocycles. The zero-order valence-corrected chi connectivity index (χ0v) is 8.54. The molecule has 0 saturated carbocycles. The molecular formula is C11H13NO4. The number of benzene rings is 1. The van der Waals surface area contributed by atoms with Crippen molar-refractivity contribution in [1.29, 1.82) is 0 Å². The van der Waals surface area contributed by atoms with E-state index in [4.69, 9.17) is 9.84 Å². The van der Waals surface area contributed by atoms with E-state index < -0.39 is 24.2 Å². The summed E-state index contributed by atoms with van der Waals surface area (Å²) in [7, 11) is 0. The molecule has 3 N–H and O–H groups in total. The van der Waals surface area contributed by atoms with Crippen molar-refractivity contribution in [2.75, 3.05) is 6.54 Å². The number of hydrogen-bond donors (Lipinski definition) is 3. The molecule has 1 saturated heterocycles. The Balaban J connectivity index is 2.10. The molecule has 0 amide bonds. The van der Waals surface area contributed by atoms with Crippen LogP contribution in [0.5, 0.6) is 5.75 Å². The zero-order valence-electron chi connectivity index (χ0n) is 8.54. The predicted molar refractivity (Wildman–Crippen MR) is 56.3 cm³/mol. The van der Waals surface area contributed by atoms with Gasteiger partial charge in [0.05, 0.1) is 0 Å². The predicted octanol–water partition coefficient (Wildman–Crippen LogP) is -0.149. The minimum atomic E-state index is -1.02. The van der Waals surface area contributed by atoms with Crippen LogP contribution < -0.4 is 10.1 Å². The van der Waals surface area contributed by atoms with Gasteiger partial charge < -0.3 is 14.9 Å². The van der Waals surface area contributed by atoms with E-state index in [1.807, 2.05) is 6.07 Å². The molecule has 1 aromatic carbocycles. The average molecular weight is 223 g/mol. The average Bonchev–Trinajstić information content (AvgIpc) is 2.62. The van der Waals surface area contributed by atoms with E-state index >= 15 is 0 Å². The van der Waals surface area contributed by atoms with Crippen LogP contribution in [-0.2, 0) is 4.79 Å². The fourth-order valence-electron chi connectivity index (χ4n) is 1.73. The van der Waals surface area contributed by atoms with E-state index in [1.165, 1.54) is 0 Å². The number of aliphatic hydroxyl groups excluding tert-OH is 1. The summed E-state index contributed by atoms with van der Waals surface area (Å²) < 4.78 is 5.47. The molecule has 1 aliphatic rings. The van der Waals surface area contributed by atoms with Crippen LogP contribution >= 0.6 is 0 Å². The Labute approximate surface area is 92.7 Å². The maximum atomic E-state index is 10.9. The molecule has 5 nitrogen and oxygen atoms in total. The highest BCUT2D eigenvalue weighted by Gasteiger charge is 2.41. The number of nitrogens with one attached hydrogen (secondary N) is 1. The van der Waals surface area contributed by atoms with E-state index in [0.29, 0.717) is 5.75 Å². The van der Waals surface area contributed by atoms with E-state index in [2.05, 4.69) is 5.32 Å². The summed E-state index contributed by atoms with van der Waals surface area (Å²) in [6.07, 6.45) is -1.55. The second-order valence-corrected chi connectivity index (χ2v) is 3.69. The third kappa shape index (κ3) is 2.15. The lowest BCUT2D eigenvalue weighted by Gasteiger charge is -2.20. The Morgan fingerprint density at radius 2 is 2.06 bits per heavy atom. The first-order valence-electron chi connectivity index (χ1n) is 5.04. The van der Waals surface area contributed by atoms with Crippen molar-refractivity contribution in [1.82, 2.24) is 5.32 Å². The standard InChI is InChI=1S/C11H13NO4/c13-8-6-12-9(11(14)15)10(8)16-7-4-2-1-3-5-7/h1-5,8-10,12-13H,6H2,(H,14,15)/t8-,9-,10+/m0/s1. The molecule has 2 rings (SSSR count). The Hall–Kier alpha value is -1.59. The maximum Gasteiger partial charge on any atom is 0.324 e. The van der Waals surface area contributed by atoms with Crippen molar-refractivity contribution in [2.45, 2.75) is 18.2 Å². The van der Waals surface area contributed by atoms with Crippen molar-refractivity contribution in [3.63, 3.8) is 0 Å². The van der Waals surface area contributed by atoms with Gasteiger partial charge in [-0.3, -0.25) is 10.1 Å². The molecule has 1 aromatic rings. The molecular weight excluding hydrogens is 210 g/mol. The van der Waals surface area contributed by atoms with E-state index in [0.717, 1.165) is 0 Å². The number of hydrogen-bond acceptors (Lipinski definition) is 4. The molecule has 5 heteroatoms. The van der Waals surface area contributed by atoms with Crippen LogP contribution in [0, 0.1) is 0 Å². The molecule has 1 aliphatic heterocycles. The second kappa shape index (κ2) is 4.51. The highest BCUT2D eigenvalue weighted by atomic mass is 16.5. The Morgan fingerprint density at radius 1 is 1.38 bits per heavy atom. The minimum absolute atomic E-state index is 0.231. The maximum absolute atomic E-state index is 10.9. The van der Waals surface area contributed by atoms with Gasteiger partial charge in [0.25, 0.3) is 0 Å². The summed E-state index contributed by atoms with van der Waals surface area (Å²) in [5.41, 5.74) is 0. The van der Waals surface area contributed by atoms with Crippen molar-refractivity contribution < 1.29 is 19.7 Å². The molecule has 1 fully saturated rings. The van der Waals surface area contributed by atoms with Gasteiger partial charge in [0.1, 0.15) is 17.9 Å². The summed E-state index contributed by atoms with van der Waals surface area (Å²) in [6.45, 7) is 0.231. The minimum Gasteiger partial charge on any atom is -0.485 e. The highest BCUT2D eigenvalue weighted by Crippen LogP contribution is 2.18. The van der Waals surface area contributed by atoms with Gasteiger partial charge in [-0.15, -0.1) is 0 Å². The third-order valence-corrected chi connectivity index (χ3v) is 2.54. The fourth-order valence-corrected chi connectivity index (χ4v) is 1.73. The Morgan fingerprint density at radius 3 is 2.69 bits per heavy atom. The molecule has 0 bridgehead atoms. The first-order chi connectivity index (χ1) is 7.68. The van der Waals surface area contributed by atoms with E-state index in [1.54, 1.807) is 24.3 Å². The van der Waals surface area contributed by atoms with Crippen molar-refractivity contribution in [3.8, 4) is 5.75 Å². The van der Waals surface area contributed by atoms with Crippen molar-refractivity contribution >= 4 is 5.97 Å². The molecule has 0 spiro atoms. The number of ether oxygens (including phenoxy) is 1. The molecule has 3 atom stereocenters. The van der Waals surface area contributed by atoms with Crippen LogP contribution in [0.3, 0.4) is 0 Å². The van der Waals surface area contributed by atoms with Gasteiger partial charge in [0.2, 0.25) is 0 Å².